The molecule has 0 amide bonds. The van der Waals surface area contributed by atoms with Crippen LogP contribution in [0.1, 0.15) is 42.4 Å². The molecule has 2 aliphatic rings. The highest BCUT2D eigenvalue weighted by molar-refractivity contribution is 5.50. The second-order valence-electron chi connectivity index (χ2n) is 9.30. The molecule has 0 saturated carbocycles. The van der Waals surface area contributed by atoms with Gasteiger partial charge in [-0.3, -0.25) is 0 Å². The Morgan fingerprint density at radius 1 is 0.926 bits per heavy atom. The van der Waals surface area contributed by atoms with E-state index in [-0.39, 0.29) is 0 Å². The van der Waals surface area contributed by atoms with E-state index in [1.54, 1.807) is 11.1 Å². The zero-order valence-electron chi connectivity index (χ0n) is 17.3. The van der Waals surface area contributed by atoms with E-state index in [0.717, 1.165) is 6.04 Å². The summed E-state index contributed by atoms with van der Waals surface area (Å²) >= 11 is 0. The van der Waals surface area contributed by atoms with Crippen LogP contribution < -0.4 is 4.90 Å². The Labute approximate surface area is 165 Å². The van der Waals surface area contributed by atoms with Crippen LogP contribution in [0.15, 0.2) is 48.5 Å². The van der Waals surface area contributed by atoms with Crippen molar-refractivity contribution in [1.82, 2.24) is 0 Å². The van der Waals surface area contributed by atoms with Crippen molar-refractivity contribution in [2.45, 2.75) is 57.5 Å². The van der Waals surface area contributed by atoms with Gasteiger partial charge in [0, 0.05) is 24.7 Å². The smallest absolute Gasteiger partial charge is 0.0903 e. The van der Waals surface area contributed by atoms with Crippen LogP contribution in [0.5, 0.6) is 0 Å². The molecule has 1 atom stereocenters. The molecule has 1 saturated heterocycles. The molecule has 0 aromatic heterocycles. The van der Waals surface area contributed by atoms with Crippen LogP contribution >= 0.6 is 0 Å². The number of hydrogen-bond donors (Lipinski definition) is 0. The molecule has 2 aromatic rings. The van der Waals surface area contributed by atoms with E-state index in [4.69, 9.17) is 0 Å². The lowest BCUT2D eigenvalue weighted by Gasteiger charge is -2.43. The van der Waals surface area contributed by atoms with Crippen molar-refractivity contribution in [3.63, 3.8) is 0 Å². The number of aryl methyl sites for hydroxylation is 1. The van der Waals surface area contributed by atoms with Gasteiger partial charge in [-0.2, -0.15) is 0 Å². The number of anilines is 1. The number of nitrogens with zero attached hydrogens (tertiary/aromatic N) is 2. The molecule has 4 rings (SSSR count). The zero-order valence-corrected chi connectivity index (χ0v) is 17.3. The minimum Gasteiger partial charge on any atom is -0.368 e. The summed E-state index contributed by atoms with van der Waals surface area (Å²) in [5.41, 5.74) is 5.85. The van der Waals surface area contributed by atoms with Crippen molar-refractivity contribution in [1.29, 1.82) is 0 Å². The molecule has 1 aliphatic heterocycles. The lowest BCUT2D eigenvalue weighted by Crippen LogP contribution is -2.53. The van der Waals surface area contributed by atoms with E-state index >= 15 is 0 Å². The minimum atomic E-state index is 0.601. The van der Waals surface area contributed by atoms with E-state index in [9.17, 15) is 0 Å². The molecule has 27 heavy (non-hydrogen) atoms. The third-order valence-corrected chi connectivity index (χ3v) is 7.05. The van der Waals surface area contributed by atoms with Crippen LogP contribution in [0.2, 0.25) is 0 Å². The van der Waals surface area contributed by atoms with Crippen molar-refractivity contribution in [2.75, 3.05) is 32.1 Å². The fourth-order valence-electron chi connectivity index (χ4n) is 5.23. The van der Waals surface area contributed by atoms with Gasteiger partial charge in [0.2, 0.25) is 0 Å². The molecule has 0 N–H and O–H groups in total. The van der Waals surface area contributed by atoms with Crippen LogP contribution in [0, 0.1) is 6.92 Å². The molecule has 1 fully saturated rings. The lowest BCUT2D eigenvalue weighted by molar-refractivity contribution is -0.920. The summed E-state index contributed by atoms with van der Waals surface area (Å²) in [5, 5.41) is 0. The number of likely N-dealkylation sites (tertiary alicyclic amines) is 1. The van der Waals surface area contributed by atoms with Gasteiger partial charge in [-0.05, 0) is 62.3 Å². The third-order valence-electron chi connectivity index (χ3n) is 7.05. The normalized spacial score (nSPS) is 21.8. The summed E-state index contributed by atoms with van der Waals surface area (Å²) in [6, 6.07) is 19.6. The largest absolute Gasteiger partial charge is 0.368 e. The highest BCUT2D eigenvalue weighted by Gasteiger charge is 2.33. The van der Waals surface area contributed by atoms with Gasteiger partial charge in [0.05, 0.1) is 26.7 Å². The standard InChI is InChI=1S/C25H35N2/c1-20-11-13-23(14-12-20)26(16-15-25-10-6-7-17-27(25,2)3)24-18-21-8-4-5-9-22(21)19-24/h4-5,8-9,11-14,24-25H,6-7,10,15-19H2,1-3H3/q+1. The van der Waals surface area contributed by atoms with Crippen LogP contribution in [-0.2, 0) is 12.8 Å². The van der Waals surface area contributed by atoms with Gasteiger partial charge in [0.25, 0.3) is 0 Å². The SMILES string of the molecule is Cc1ccc(N(CCC2CCCC[N+]2(C)C)C2Cc3ccccc3C2)cc1. The predicted molar refractivity (Wildman–Crippen MR) is 115 cm³/mol. The number of benzene rings is 2. The van der Waals surface area contributed by atoms with Gasteiger partial charge in [0.1, 0.15) is 0 Å². The summed E-state index contributed by atoms with van der Waals surface area (Å²) in [6.07, 6.45) is 7.86. The predicted octanol–water partition coefficient (Wildman–Crippen LogP) is 4.99. The van der Waals surface area contributed by atoms with Crippen molar-refractivity contribution in [3.05, 3.63) is 65.2 Å². The minimum absolute atomic E-state index is 0.601. The molecule has 2 aromatic carbocycles. The molecule has 144 valence electrons. The molecule has 1 aliphatic carbocycles. The fraction of sp³-hybridized carbons (Fsp3) is 0.520. The van der Waals surface area contributed by atoms with E-state index in [2.05, 4.69) is 74.4 Å². The Kier molecular flexibility index (Phi) is 5.27. The summed E-state index contributed by atoms with van der Waals surface area (Å²) in [6.45, 7) is 4.69. The van der Waals surface area contributed by atoms with Crippen LogP contribution in [0.3, 0.4) is 0 Å². The van der Waals surface area contributed by atoms with Gasteiger partial charge < -0.3 is 9.38 Å². The summed E-state index contributed by atoms with van der Waals surface area (Å²) in [5.74, 6) is 0. The third kappa shape index (κ3) is 4.06. The van der Waals surface area contributed by atoms with Gasteiger partial charge >= 0.3 is 0 Å². The van der Waals surface area contributed by atoms with Gasteiger partial charge in [-0.25, -0.2) is 0 Å². The molecule has 2 heteroatoms. The first kappa shape index (κ1) is 18.6. The fourth-order valence-corrected chi connectivity index (χ4v) is 5.23. The average Bonchev–Trinajstić information content (AvgIpc) is 3.08. The van der Waals surface area contributed by atoms with E-state index in [0.29, 0.717) is 6.04 Å². The first-order valence-corrected chi connectivity index (χ1v) is 10.8. The molecule has 2 nitrogen and oxygen atoms in total. The quantitative estimate of drug-likeness (QED) is 0.677. The molecule has 0 spiro atoms. The van der Waals surface area contributed by atoms with Crippen molar-refractivity contribution < 1.29 is 4.48 Å². The Balaban J connectivity index is 1.53. The monoisotopic (exact) mass is 363 g/mol. The highest BCUT2D eigenvalue weighted by Crippen LogP contribution is 2.31. The van der Waals surface area contributed by atoms with Crippen LogP contribution in [0.25, 0.3) is 0 Å². The summed E-state index contributed by atoms with van der Waals surface area (Å²) < 4.78 is 1.20. The Morgan fingerprint density at radius 2 is 1.59 bits per heavy atom. The maximum Gasteiger partial charge on any atom is 0.0903 e. The number of quaternary nitrogens is 1. The molecule has 0 radical (unpaired) electrons. The number of fused-ring (bicyclic) bond motifs is 1. The molecule has 0 bridgehead atoms. The molecule has 1 heterocycles. The maximum atomic E-state index is 2.72. The van der Waals surface area contributed by atoms with Crippen molar-refractivity contribution >= 4 is 5.69 Å². The van der Waals surface area contributed by atoms with E-state index < -0.39 is 0 Å². The first-order valence-electron chi connectivity index (χ1n) is 10.8. The van der Waals surface area contributed by atoms with E-state index in [1.807, 2.05) is 0 Å². The Bertz CT molecular complexity index is 737. The lowest BCUT2D eigenvalue weighted by atomic mass is 9.96. The number of hydrogen-bond acceptors (Lipinski definition) is 1. The second kappa shape index (κ2) is 7.67. The maximum absolute atomic E-state index is 2.72. The molecular formula is C25H35N2+. The number of piperidine rings is 1. The average molecular weight is 364 g/mol. The number of rotatable bonds is 5. The Morgan fingerprint density at radius 3 is 2.22 bits per heavy atom. The summed E-state index contributed by atoms with van der Waals surface area (Å²) in [4.78, 5) is 2.72. The second-order valence-corrected chi connectivity index (χ2v) is 9.30. The zero-order chi connectivity index (χ0) is 18.9. The summed E-state index contributed by atoms with van der Waals surface area (Å²) in [7, 11) is 4.87. The molecule has 1 unspecified atom stereocenters. The van der Waals surface area contributed by atoms with E-state index in [1.165, 1.54) is 67.3 Å². The van der Waals surface area contributed by atoms with Gasteiger partial charge in [-0.1, -0.05) is 42.0 Å². The topological polar surface area (TPSA) is 3.24 Å². The highest BCUT2D eigenvalue weighted by atomic mass is 15.3. The van der Waals surface area contributed by atoms with Gasteiger partial charge in [-0.15, -0.1) is 0 Å². The van der Waals surface area contributed by atoms with Crippen LogP contribution in [-0.4, -0.2) is 43.8 Å². The van der Waals surface area contributed by atoms with Crippen molar-refractivity contribution in [3.8, 4) is 0 Å². The Hall–Kier alpha value is -1.80. The molecular weight excluding hydrogens is 328 g/mol. The van der Waals surface area contributed by atoms with Crippen molar-refractivity contribution in [2.24, 2.45) is 0 Å². The first-order chi connectivity index (χ1) is 13.0. The van der Waals surface area contributed by atoms with Crippen LogP contribution in [0.4, 0.5) is 5.69 Å². The van der Waals surface area contributed by atoms with Gasteiger partial charge in [0.15, 0.2) is 0 Å².